The zero-order valence-electron chi connectivity index (χ0n) is 14.9. The maximum Gasteiger partial charge on any atom is 0.162 e. The van der Waals surface area contributed by atoms with Gasteiger partial charge >= 0.3 is 0 Å². The fourth-order valence-corrected chi connectivity index (χ4v) is 3.58. The maximum atomic E-state index is 5.68. The predicted molar refractivity (Wildman–Crippen MR) is 102 cm³/mol. The molecule has 0 saturated carbocycles. The lowest BCUT2D eigenvalue weighted by Gasteiger charge is -2.28. The highest BCUT2D eigenvalue weighted by molar-refractivity contribution is 7.13. The summed E-state index contributed by atoms with van der Waals surface area (Å²) in [6, 6.07) is 14.8. The molecule has 0 saturated heterocycles. The van der Waals surface area contributed by atoms with E-state index in [4.69, 9.17) is 14.1 Å². The van der Waals surface area contributed by atoms with Gasteiger partial charge in [-0.25, -0.2) is 4.98 Å². The van der Waals surface area contributed by atoms with Gasteiger partial charge in [0.05, 0.1) is 12.3 Å². The van der Waals surface area contributed by atoms with Crippen LogP contribution in [0.3, 0.4) is 0 Å². The molecule has 0 N–H and O–H groups in total. The summed E-state index contributed by atoms with van der Waals surface area (Å²) in [4.78, 5) is 7.15. The van der Waals surface area contributed by atoms with Gasteiger partial charge in [-0.2, -0.15) is 0 Å². The molecule has 3 rings (SSSR count). The van der Waals surface area contributed by atoms with Gasteiger partial charge in [0, 0.05) is 31.6 Å². The number of nitrogens with zero attached hydrogens (tertiary/aromatic N) is 2. The Hall–Kier alpha value is -1.95. The molecule has 2 heterocycles. The average molecular weight is 356 g/mol. The first-order valence-corrected chi connectivity index (χ1v) is 9.34. The highest BCUT2D eigenvalue weighted by Crippen LogP contribution is 2.28. The molecule has 0 spiro atoms. The lowest BCUT2D eigenvalue weighted by Crippen LogP contribution is -2.30. The van der Waals surface area contributed by atoms with Crippen molar-refractivity contribution in [2.75, 3.05) is 20.3 Å². The number of methoxy groups -OCH3 is 1. The Morgan fingerprint density at radius 3 is 2.68 bits per heavy atom. The van der Waals surface area contributed by atoms with Crippen molar-refractivity contribution in [3.63, 3.8) is 0 Å². The molecule has 1 aromatic carbocycles. The SMILES string of the molecule is COCCN(Cc1csc(-c2ccc(C)o2)n1)[C@H](C)c1ccccc1. The molecule has 5 heteroatoms. The van der Waals surface area contributed by atoms with Crippen LogP contribution in [0.5, 0.6) is 0 Å². The van der Waals surface area contributed by atoms with Crippen molar-refractivity contribution < 1.29 is 9.15 Å². The van der Waals surface area contributed by atoms with Crippen LogP contribution in [0.25, 0.3) is 10.8 Å². The molecule has 0 aliphatic carbocycles. The molecule has 0 aliphatic rings. The summed E-state index contributed by atoms with van der Waals surface area (Å²) in [6.45, 7) is 6.53. The first-order chi connectivity index (χ1) is 12.2. The van der Waals surface area contributed by atoms with Gasteiger partial charge in [-0.15, -0.1) is 11.3 Å². The highest BCUT2D eigenvalue weighted by Gasteiger charge is 2.18. The van der Waals surface area contributed by atoms with Crippen LogP contribution in [0.2, 0.25) is 0 Å². The van der Waals surface area contributed by atoms with Crippen LogP contribution < -0.4 is 0 Å². The van der Waals surface area contributed by atoms with Crippen LogP contribution in [-0.2, 0) is 11.3 Å². The Kier molecular flexibility index (Phi) is 6.02. The van der Waals surface area contributed by atoms with Crippen molar-refractivity contribution in [2.45, 2.75) is 26.4 Å². The van der Waals surface area contributed by atoms with Gasteiger partial charge in [0.15, 0.2) is 10.8 Å². The Balaban J connectivity index is 1.75. The number of aryl methyl sites for hydroxylation is 1. The molecule has 25 heavy (non-hydrogen) atoms. The van der Waals surface area contributed by atoms with Crippen LogP contribution in [0.15, 0.2) is 52.3 Å². The van der Waals surface area contributed by atoms with Crippen molar-refractivity contribution in [1.29, 1.82) is 0 Å². The van der Waals surface area contributed by atoms with Gasteiger partial charge in [0.1, 0.15) is 5.76 Å². The minimum atomic E-state index is 0.298. The van der Waals surface area contributed by atoms with E-state index < -0.39 is 0 Å². The maximum absolute atomic E-state index is 5.68. The quantitative estimate of drug-likeness (QED) is 0.574. The molecular weight excluding hydrogens is 332 g/mol. The summed E-state index contributed by atoms with van der Waals surface area (Å²) < 4.78 is 11.0. The summed E-state index contributed by atoms with van der Waals surface area (Å²) in [5.74, 6) is 1.75. The third-order valence-corrected chi connectivity index (χ3v) is 5.19. The first kappa shape index (κ1) is 17.9. The largest absolute Gasteiger partial charge is 0.459 e. The van der Waals surface area contributed by atoms with Crippen LogP contribution in [0.1, 0.15) is 30.0 Å². The Morgan fingerprint density at radius 2 is 2.00 bits per heavy atom. The molecule has 0 unspecified atom stereocenters. The molecule has 0 bridgehead atoms. The topological polar surface area (TPSA) is 38.5 Å². The zero-order valence-corrected chi connectivity index (χ0v) is 15.8. The van der Waals surface area contributed by atoms with Crippen molar-refractivity contribution >= 4 is 11.3 Å². The molecule has 0 fully saturated rings. The van der Waals surface area contributed by atoms with Gasteiger partial charge in [-0.05, 0) is 31.5 Å². The lowest BCUT2D eigenvalue weighted by atomic mass is 10.1. The van der Waals surface area contributed by atoms with Gasteiger partial charge in [-0.3, -0.25) is 4.90 Å². The second-order valence-corrected chi connectivity index (χ2v) is 6.96. The van der Waals surface area contributed by atoms with E-state index in [0.717, 1.165) is 35.3 Å². The number of ether oxygens (including phenoxy) is 1. The van der Waals surface area contributed by atoms with Crippen molar-refractivity contribution in [1.82, 2.24) is 9.88 Å². The fraction of sp³-hybridized carbons (Fsp3) is 0.350. The van der Waals surface area contributed by atoms with E-state index >= 15 is 0 Å². The first-order valence-electron chi connectivity index (χ1n) is 8.46. The fourth-order valence-electron chi connectivity index (χ4n) is 2.81. The van der Waals surface area contributed by atoms with Crippen molar-refractivity contribution in [3.8, 4) is 10.8 Å². The van der Waals surface area contributed by atoms with Gasteiger partial charge < -0.3 is 9.15 Å². The predicted octanol–water partition coefficient (Wildman–Crippen LogP) is 4.92. The van der Waals surface area contributed by atoms with Crippen LogP contribution >= 0.6 is 11.3 Å². The number of thiazole rings is 1. The second kappa shape index (κ2) is 8.43. The monoisotopic (exact) mass is 356 g/mol. The summed E-state index contributed by atoms with van der Waals surface area (Å²) in [5, 5.41) is 3.05. The van der Waals surface area contributed by atoms with Gasteiger partial charge in [0.25, 0.3) is 0 Å². The van der Waals surface area contributed by atoms with Crippen LogP contribution in [0, 0.1) is 6.92 Å². The zero-order chi connectivity index (χ0) is 17.6. The van der Waals surface area contributed by atoms with E-state index in [1.165, 1.54) is 5.56 Å². The molecule has 2 aromatic heterocycles. The van der Waals surface area contributed by atoms with Crippen LogP contribution in [0.4, 0.5) is 0 Å². The molecular formula is C20H24N2O2S. The van der Waals surface area contributed by atoms with E-state index in [0.29, 0.717) is 12.6 Å². The third-order valence-electron chi connectivity index (χ3n) is 4.28. The number of hydrogen-bond acceptors (Lipinski definition) is 5. The van der Waals surface area contributed by atoms with E-state index in [2.05, 4.69) is 41.5 Å². The van der Waals surface area contributed by atoms with Gasteiger partial charge in [-0.1, -0.05) is 30.3 Å². The van der Waals surface area contributed by atoms with Crippen molar-refractivity contribution in [3.05, 3.63) is 64.9 Å². The Morgan fingerprint density at radius 1 is 1.20 bits per heavy atom. The van der Waals surface area contributed by atoms with E-state index in [9.17, 15) is 0 Å². The highest BCUT2D eigenvalue weighted by atomic mass is 32.1. The Labute approximate surface area is 153 Å². The van der Waals surface area contributed by atoms with Crippen molar-refractivity contribution in [2.24, 2.45) is 0 Å². The summed E-state index contributed by atoms with van der Waals surface area (Å²) >= 11 is 1.63. The number of hydrogen-bond donors (Lipinski definition) is 0. The number of aromatic nitrogens is 1. The second-order valence-electron chi connectivity index (χ2n) is 6.10. The molecule has 0 radical (unpaired) electrons. The van der Waals surface area contributed by atoms with E-state index in [1.54, 1.807) is 18.4 Å². The van der Waals surface area contributed by atoms with Gasteiger partial charge in [0.2, 0.25) is 0 Å². The average Bonchev–Trinajstić information content (AvgIpc) is 3.27. The lowest BCUT2D eigenvalue weighted by molar-refractivity contribution is 0.119. The Bertz CT molecular complexity index is 782. The standard InChI is InChI=1S/C20H24N2O2S/c1-15-9-10-19(24-15)20-21-18(14-25-20)13-22(11-12-23-3)16(2)17-7-5-4-6-8-17/h4-10,14,16H,11-13H2,1-3H3/t16-/m1/s1. The molecule has 4 nitrogen and oxygen atoms in total. The minimum absolute atomic E-state index is 0.298. The van der Waals surface area contributed by atoms with E-state index in [-0.39, 0.29) is 0 Å². The number of rotatable bonds is 8. The molecule has 132 valence electrons. The molecule has 3 aromatic rings. The third kappa shape index (κ3) is 4.57. The normalized spacial score (nSPS) is 12.6. The number of furan rings is 1. The molecule has 1 atom stereocenters. The number of benzene rings is 1. The summed E-state index contributed by atoms with van der Waals surface area (Å²) in [6.07, 6.45) is 0. The van der Waals surface area contributed by atoms with E-state index in [1.807, 2.05) is 25.1 Å². The molecule has 0 amide bonds. The summed E-state index contributed by atoms with van der Waals surface area (Å²) in [5.41, 5.74) is 2.36. The molecule has 0 aliphatic heterocycles. The smallest absolute Gasteiger partial charge is 0.162 e. The summed E-state index contributed by atoms with van der Waals surface area (Å²) in [7, 11) is 1.74. The minimum Gasteiger partial charge on any atom is -0.459 e. The van der Waals surface area contributed by atoms with Crippen LogP contribution in [-0.4, -0.2) is 30.1 Å².